The van der Waals surface area contributed by atoms with Crippen LogP contribution in [0.4, 0.5) is 0 Å². The van der Waals surface area contributed by atoms with Crippen LogP contribution in [0.1, 0.15) is 55.6 Å². The second kappa shape index (κ2) is 6.05. The van der Waals surface area contributed by atoms with Crippen molar-refractivity contribution in [1.29, 1.82) is 0 Å². The van der Waals surface area contributed by atoms with E-state index in [1.165, 1.54) is 44.1 Å². The Kier molecular flexibility index (Phi) is 4.41. The van der Waals surface area contributed by atoms with E-state index in [9.17, 15) is 0 Å². The standard InChI is InChI=1S/C15H23N/c16-12-11-14-9-5-6-10-15(14)13-7-3-1-2-4-8-13/h5-6,9-10,13H,1-4,7-8,11-12,16H2. The topological polar surface area (TPSA) is 26.0 Å². The van der Waals surface area contributed by atoms with Gasteiger partial charge in [-0.2, -0.15) is 0 Å². The maximum absolute atomic E-state index is 5.69. The molecule has 1 aromatic carbocycles. The van der Waals surface area contributed by atoms with Gasteiger partial charge in [0, 0.05) is 0 Å². The first-order chi connectivity index (χ1) is 7.92. The summed E-state index contributed by atoms with van der Waals surface area (Å²) in [6.07, 6.45) is 9.45. The zero-order valence-corrected chi connectivity index (χ0v) is 10.1. The first-order valence-corrected chi connectivity index (χ1v) is 6.69. The summed E-state index contributed by atoms with van der Waals surface area (Å²) in [5, 5.41) is 0. The quantitative estimate of drug-likeness (QED) is 0.769. The van der Waals surface area contributed by atoms with Gasteiger partial charge in [0.25, 0.3) is 0 Å². The van der Waals surface area contributed by atoms with Crippen molar-refractivity contribution in [2.45, 2.75) is 50.9 Å². The summed E-state index contributed by atoms with van der Waals surface area (Å²) in [6.45, 7) is 0.768. The van der Waals surface area contributed by atoms with E-state index in [-0.39, 0.29) is 0 Å². The monoisotopic (exact) mass is 217 g/mol. The number of benzene rings is 1. The molecule has 0 spiro atoms. The van der Waals surface area contributed by atoms with Gasteiger partial charge in [-0.05, 0) is 42.9 Å². The first-order valence-electron chi connectivity index (χ1n) is 6.69. The molecule has 0 radical (unpaired) electrons. The molecular formula is C15H23N. The van der Waals surface area contributed by atoms with E-state index in [1.807, 2.05) is 0 Å². The zero-order chi connectivity index (χ0) is 11.2. The summed E-state index contributed by atoms with van der Waals surface area (Å²) in [6, 6.07) is 8.90. The van der Waals surface area contributed by atoms with Gasteiger partial charge in [0.05, 0.1) is 0 Å². The van der Waals surface area contributed by atoms with Gasteiger partial charge in [0.1, 0.15) is 0 Å². The first kappa shape index (κ1) is 11.7. The van der Waals surface area contributed by atoms with Crippen LogP contribution in [0, 0.1) is 0 Å². The third kappa shape index (κ3) is 2.85. The Labute approximate surface area is 99.0 Å². The van der Waals surface area contributed by atoms with Crippen LogP contribution >= 0.6 is 0 Å². The lowest BCUT2D eigenvalue weighted by atomic mass is 9.87. The molecule has 1 nitrogen and oxygen atoms in total. The second-order valence-electron chi connectivity index (χ2n) is 4.93. The second-order valence-corrected chi connectivity index (χ2v) is 4.93. The minimum Gasteiger partial charge on any atom is -0.330 e. The van der Waals surface area contributed by atoms with Gasteiger partial charge < -0.3 is 5.73 Å². The average Bonchev–Trinajstić information content (AvgIpc) is 2.59. The molecule has 2 rings (SSSR count). The van der Waals surface area contributed by atoms with E-state index < -0.39 is 0 Å². The fraction of sp³-hybridized carbons (Fsp3) is 0.600. The summed E-state index contributed by atoms with van der Waals surface area (Å²) in [4.78, 5) is 0. The fourth-order valence-electron chi connectivity index (χ4n) is 2.91. The molecule has 0 amide bonds. The maximum atomic E-state index is 5.69. The van der Waals surface area contributed by atoms with Crippen LogP contribution in [0.5, 0.6) is 0 Å². The predicted octanol–water partition coefficient (Wildman–Crippen LogP) is 3.63. The highest BCUT2D eigenvalue weighted by molar-refractivity contribution is 5.30. The molecule has 88 valence electrons. The molecule has 1 aliphatic rings. The summed E-state index contributed by atoms with van der Waals surface area (Å²) in [5.74, 6) is 0.797. The van der Waals surface area contributed by atoms with Crippen molar-refractivity contribution in [3.05, 3.63) is 35.4 Å². The summed E-state index contributed by atoms with van der Waals surface area (Å²) < 4.78 is 0. The molecule has 0 saturated heterocycles. The van der Waals surface area contributed by atoms with E-state index >= 15 is 0 Å². The molecule has 0 unspecified atom stereocenters. The zero-order valence-electron chi connectivity index (χ0n) is 10.1. The lowest BCUT2D eigenvalue weighted by Crippen LogP contribution is -2.08. The van der Waals surface area contributed by atoms with Crippen molar-refractivity contribution < 1.29 is 0 Å². The molecule has 1 heteroatoms. The summed E-state index contributed by atoms with van der Waals surface area (Å²) in [5.41, 5.74) is 8.75. The van der Waals surface area contributed by atoms with Crippen LogP contribution in [0.25, 0.3) is 0 Å². The van der Waals surface area contributed by atoms with Crippen molar-refractivity contribution in [2.24, 2.45) is 5.73 Å². The lowest BCUT2D eigenvalue weighted by Gasteiger charge is -2.18. The Morgan fingerprint density at radius 3 is 2.38 bits per heavy atom. The predicted molar refractivity (Wildman–Crippen MR) is 69.6 cm³/mol. The third-order valence-corrected chi connectivity index (χ3v) is 3.76. The van der Waals surface area contributed by atoms with Crippen LogP contribution in [0.2, 0.25) is 0 Å². The minimum atomic E-state index is 0.768. The van der Waals surface area contributed by atoms with Crippen molar-refractivity contribution >= 4 is 0 Å². The Bertz CT molecular complexity index is 311. The van der Waals surface area contributed by atoms with E-state index in [0.717, 1.165) is 18.9 Å². The molecule has 2 N–H and O–H groups in total. The normalized spacial score (nSPS) is 18.3. The number of nitrogens with two attached hydrogens (primary N) is 1. The van der Waals surface area contributed by atoms with Gasteiger partial charge in [-0.25, -0.2) is 0 Å². The third-order valence-electron chi connectivity index (χ3n) is 3.76. The molecule has 1 saturated carbocycles. The molecule has 0 heterocycles. The largest absolute Gasteiger partial charge is 0.330 e. The van der Waals surface area contributed by atoms with E-state index in [4.69, 9.17) is 5.73 Å². The van der Waals surface area contributed by atoms with Crippen LogP contribution in [-0.4, -0.2) is 6.54 Å². The number of hydrogen-bond acceptors (Lipinski definition) is 1. The van der Waals surface area contributed by atoms with E-state index in [1.54, 1.807) is 5.56 Å². The molecule has 1 fully saturated rings. The molecule has 0 atom stereocenters. The summed E-state index contributed by atoms with van der Waals surface area (Å²) in [7, 11) is 0. The van der Waals surface area contributed by atoms with Gasteiger partial charge in [-0.1, -0.05) is 49.9 Å². The average molecular weight is 217 g/mol. The molecule has 0 bridgehead atoms. The van der Waals surface area contributed by atoms with Gasteiger partial charge in [0.2, 0.25) is 0 Å². The maximum Gasteiger partial charge on any atom is -0.00366 e. The van der Waals surface area contributed by atoms with Crippen molar-refractivity contribution in [2.75, 3.05) is 6.54 Å². The molecule has 0 aromatic heterocycles. The Morgan fingerprint density at radius 1 is 1.00 bits per heavy atom. The minimum absolute atomic E-state index is 0.768. The number of rotatable bonds is 3. The van der Waals surface area contributed by atoms with Gasteiger partial charge in [0.15, 0.2) is 0 Å². The Hall–Kier alpha value is -0.820. The van der Waals surface area contributed by atoms with Crippen LogP contribution in [0.3, 0.4) is 0 Å². The molecule has 1 aliphatic carbocycles. The van der Waals surface area contributed by atoms with E-state index in [0.29, 0.717) is 0 Å². The highest BCUT2D eigenvalue weighted by Gasteiger charge is 2.16. The Morgan fingerprint density at radius 2 is 1.69 bits per heavy atom. The smallest absolute Gasteiger partial charge is 0.00366 e. The van der Waals surface area contributed by atoms with Crippen molar-refractivity contribution in [1.82, 2.24) is 0 Å². The van der Waals surface area contributed by atoms with E-state index in [2.05, 4.69) is 24.3 Å². The van der Waals surface area contributed by atoms with Crippen LogP contribution in [-0.2, 0) is 6.42 Å². The molecular weight excluding hydrogens is 194 g/mol. The SMILES string of the molecule is NCCc1ccccc1C1CCCCCC1. The molecule has 0 aliphatic heterocycles. The van der Waals surface area contributed by atoms with Crippen molar-refractivity contribution in [3.8, 4) is 0 Å². The number of hydrogen-bond donors (Lipinski definition) is 1. The van der Waals surface area contributed by atoms with Crippen LogP contribution < -0.4 is 5.73 Å². The molecule has 16 heavy (non-hydrogen) atoms. The van der Waals surface area contributed by atoms with Gasteiger partial charge >= 0.3 is 0 Å². The van der Waals surface area contributed by atoms with Gasteiger partial charge in [-0.3, -0.25) is 0 Å². The highest BCUT2D eigenvalue weighted by Crippen LogP contribution is 2.33. The summed E-state index contributed by atoms with van der Waals surface area (Å²) >= 11 is 0. The Balaban J connectivity index is 2.16. The molecule has 1 aromatic rings. The fourth-order valence-corrected chi connectivity index (χ4v) is 2.91. The van der Waals surface area contributed by atoms with Crippen LogP contribution in [0.15, 0.2) is 24.3 Å². The highest BCUT2D eigenvalue weighted by atomic mass is 14.5. The van der Waals surface area contributed by atoms with Crippen molar-refractivity contribution in [3.63, 3.8) is 0 Å². The lowest BCUT2D eigenvalue weighted by molar-refractivity contribution is 0.587. The van der Waals surface area contributed by atoms with Gasteiger partial charge in [-0.15, -0.1) is 0 Å².